The molecule has 0 radical (unpaired) electrons. The van der Waals surface area contributed by atoms with E-state index in [0.717, 1.165) is 24.8 Å². The molecule has 0 aromatic heterocycles. The van der Waals surface area contributed by atoms with Crippen molar-refractivity contribution >= 4 is 5.97 Å². The summed E-state index contributed by atoms with van der Waals surface area (Å²) in [5, 5.41) is 9.27. The number of cyclic esters (lactones) is 1. The lowest BCUT2D eigenvalue weighted by Crippen LogP contribution is -2.17. The van der Waals surface area contributed by atoms with Crippen LogP contribution in [0.1, 0.15) is 32.6 Å². The lowest BCUT2D eigenvalue weighted by molar-refractivity contribution is -0.143. The maximum atomic E-state index is 10.8. The molecule has 0 aromatic rings. The van der Waals surface area contributed by atoms with Gasteiger partial charge in [0.15, 0.2) is 0 Å². The second-order valence-corrected chi connectivity index (χ2v) is 2.94. The zero-order chi connectivity index (χ0) is 8.97. The molecule has 0 atom stereocenters. The molecule has 0 spiro atoms. The van der Waals surface area contributed by atoms with Crippen molar-refractivity contribution in [2.75, 3.05) is 6.61 Å². The van der Waals surface area contributed by atoms with Gasteiger partial charge >= 0.3 is 5.97 Å². The van der Waals surface area contributed by atoms with E-state index in [2.05, 4.69) is 11.7 Å². The fourth-order valence-corrected chi connectivity index (χ4v) is 1.23. The summed E-state index contributed by atoms with van der Waals surface area (Å²) in [7, 11) is 0. The Labute approximate surface area is 72.0 Å². The lowest BCUT2D eigenvalue weighted by Gasteiger charge is -2.15. The van der Waals surface area contributed by atoms with Gasteiger partial charge in [0.2, 0.25) is 5.76 Å². The van der Waals surface area contributed by atoms with Gasteiger partial charge in [-0.1, -0.05) is 13.3 Å². The van der Waals surface area contributed by atoms with Gasteiger partial charge in [0, 0.05) is 6.42 Å². The van der Waals surface area contributed by atoms with Crippen molar-refractivity contribution in [3.63, 3.8) is 0 Å². The Bertz CT molecular complexity index is 206. The monoisotopic (exact) mass is 170 g/mol. The van der Waals surface area contributed by atoms with Crippen molar-refractivity contribution in [2.45, 2.75) is 32.6 Å². The molecule has 0 aliphatic carbocycles. The molecule has 1 rings (SSSR count). The molecule has 1 aliphatic rings. The van der Waals surface area contributed by atoms with E-state index in [0.29, 0.717) is 13.0 Å². The number of rotatable bonds is 3. The van der Waals surface area contributed by atoms with Crippen molar-refractivity contribution < 1.29 is 14.6 Å². The van der Waals surface area contributed by atoms with Gasteiger partial charge in [-0.05, 0) is 18.4 Å². The molecule has 1 N–H and O–H groups in total. The van der Waals surface area contributed by atoms with Gasteiger partial charge in [0.1, 0.15) is 0 Å². The van der Waals surface area contributed by atoms with Crippen LogP contribution in [0.2, 0.25) is 0 Å². The Balaban J connectivity index is 2.59. The smallest absolute Gasteiger partial charge is 0.373 e. The molecular formula is C9H14O3. The van der Waals surface area contributed by atoms with E-state index < -0.39 is 5.97 Å². The van der Waals surface area contributed by atoms with Crippen LogP contribution < -0.4 is 0 Å². The van der Waals surface area contributed by atoms with Gasteiger partial charge in [-0.2, -0.15) is 0 Å². The van der Waals surface area contributed by atoms with Gasteiger partial charge in [0.05, 0.1) is 6.61 Å². The third kappa shape index (κ3) is 2.00. The molecule has 0 aromatic carbocycles. The lowest BCUT2D eigenvalue weighted by atomic mass is 10.0. The number of hydrogen-bond donors (Lipinski definition) is 1. The number of aliphatic hydroxyl groups excluding tert-OH is 1. The van der Waals surface area contributed by atoms with Crippen LogP contribution in [0.3, 0.4) is 0 Å². The first-order valence-corrected chi connectivity index (χ1v) is 4.33. The number of esters is 1. The molecule has 0 fully saturated rings. The second-order valence-electron chi connectivity index (χ2n) is 2.94. The van der Waals surface area contributed by atoms with Crippen LogP contribution in [0.5, 0.6) is 0 Å². The predicted molar refractivity (Wildman–Crippen MR) is 44.8 cm³/mol. The first-order chi connectivity index (χ1) is 5.75. The van der Waals surface area contributed by atoms with Crippen LogP contribution in [0.4, 0.5) is 0 Å². The quantitative estimate of drug-likeness (QED) is 0.658. The minimum Gasteiger partial charge on any atom is -0.502 e. The fraction of sp³-hybridized carbons (Fsp3) is 0.667. The van der Waals surface area contributed by atoms with E-state index >= 15 is 0 Å². The molecular weight excluding hydrogens is 156 g/mol. The molecule has 0 saturated carbocycles. The summed E-state index contributed by atoms with van der Waals surface area (Å²) in [6, 6.07) is 0. The minimum absolute atomic E-state index is 0.158. The van der Waals surface area contributed by atoms with E-state index in [4.69, 9.17) is 0 Å². The fourth-order valence-electron chi connectivity index (χ4n) is 1.23. The number of ether oxygens (including phenoxy) is 1. The predicted octanol–water partition coefficient (Wildman–Crippen LogP) is 1.94. The maximum absolute atomic E-state index is 10.8. The molecule has 1 heterocycles. The second kappa shape index (κ2) is 4.14. The van der Waals surface area contributed by atoms with Crippen LogP contribution >= 0.6 is 0 Å². The Morgan fingerprint density at radius 1 is 1.58 bits per heavy atom. The van der Waals surface area contributed by atoms with Gasteiger partial charge in [0.25, 0.3) is 0 Å². The van der Waals surface area contributed by atoms with E-state index in [1.165, 1.54) is 0 Å². The maximum Gasteiger partial charge on any atom is 0.373 e. The average molecular weight is 170 g/mol. The molecule has 0 saturated heterocycles. The average Bonchev–Trinajstić information content (AvgIpc) is 2.08. The van der Waals surface area contributed by atoms with Crippen molar-refractivity contribution in [3.8, 4) is 0 Å². The Hall–Kier alpha value is -0.990. The number of carbonyl (C=O) groups excluding carboxylic acids is 1. The highest BCUT2D eigenvalue weighted by molar-refractivity contribution is 5.87. The molecule has 3 heteroatoms. The Morgan fingerprint density at radius 2 is 2.33 bits per heavy atom. The highest BCUT2D eigenvalue weighted by atomic mass is 16.5. The first-order valence-electron chi connectivity index (χ1n) is 4.33. The topological polar surface area (TPSA) is 46.5 Å². The van der Waals surface area contributed by atoms with Crippen LogP contribution in [0.25, 0.3) is 0 Å². The first kappa shape index (κ1) is 9.10. The van der Waals surface area contributed by atoms with Gasteiger partial charge in [-0.15, -0.1) is 0 Å². The summed E-state index contributed by atoms with van der Waals surface area (Å²) >= 11 is 0. The summed E-state index contributed by atoms with van der Waals surface area (Å²) in [6.07, 6.45) is 3.60. The van der Waals surface area contributed by atoms with Crippen molar-refractivity contribution in [1.82, 2.24) is 0 Å². The minimum atomic E-state index is -0.563. The van der Waals surface area contributed by atoms with Crippen LogP contribution in [0.15, 0.2) is 11.3 Å². The summed E-state index contributed by atoms with van der Waals surface area (Å²) < 4.78 is 4.65. The van der Waals surface area contributed by atoms with Gasteiger partial charge < -0.3 is 9.84 Å². The molecule has 0 amide bonds. The third-order valence-corrected chi connectivity index (χ3v) is 2.00. The van der Waals surface area contributed by atoms with E-state index in [1.807, 2.05) is 0 Å². The number of carbonyl (C=O) groups is 1. The molecule has 68 valence electrons. The highest BCUT2D eigenvalue weighted by Gasteiger charge is 2.20. The highest BCUT2D eigenvalue weighted by Crippen LogP contribution is 2.19. The normalized spacial score (nSPS) is 17.9. The standard InChI is InChI=1S/C9H14O3/c1-2-3-4-7-5-6-12-9(11)8(7)10/h10H,2-6H2,1H3. The molecule has 1 aliphatic heterocycles. The van der Waals surface area contributed by atoms with E-state index in [1.54, 1.807) is 0 Å². The molecule has 3 nitrogen and oxygen atoms in total. The zero-order valence-corrected chi connectivity index (χ0v) is 7.30. The largest absolute Gasteiger partial charge is 0.502 e. The SMILES string of the molecule is CCCCC1=C(O)C(=O)OCC1. The van der Waals surface area contributed by atoms with E-state index in [-0.39, 0.29) is 5.76 Å². The van der Waals surface area contributed by atoms with Crippen molar-refractivity contribution in [1.29, 1.82) is 0 Å². The van der Waals surface area contributed by atoms with Crippen LogP contribution in [-0.4, -0.2) is 17.7 Å². The molecule has 12 heavy (non-hydrogen) atoms. The van der Waals surface area contributed by atoms with Gasteiger partial charge in [-0.3, -0.25) is 0 Å². The van der Waals surface area contributed by atoms with Crippen molar-refractivity contribution in [3.05, 3.63) is 11.3 Å². The van der Waals surface area contributed by atoms with Crippen LogP contribution in [-0.2, 0) is 9.53 Å². The summed E-state index contributed by atoms with van der Waals surface area (Å²) in [6.45, 7) is 2.50. The van der Waals surface area contributed by atoms with Crippen LogP contribution in [0, 0.1) is 0 Å². The number of unbranched alkanes of at least 4 members (excludes halogenated alkanes) is 1. The zero-order valence-electron chi connectivity index (χ0n) is 7.30. The van der Waals surface area contributed by atoms with Crippen molar-refractivity contribution in [2.24, 2.45) is 0 Å². The van der Waals surface area contributed by atoms with E-state index in [9.17, 15) is 9.90 Å². The summed E-state index contributed by atoms with van der Waals surface area (Å²) in [4.78, 5) is 10.8. The van der Waals surface area contributed by atoms with Gasteiger partial charge in [-0.25, -0.2) is 4.79 Å². The summed E-state index contributed by atoms with van der Waals surface area (Å²) in [5.74, 6) is -0.720. The Kier molecular flexibility index (Phi) is 3.14. The summed E-state index contributed by atoms with van der Waals surface area (Å²) in [5.41, 5.74) is 0.855. The molecule has 0 unspecified atom stereocenters. The molecule has 0 bridgehead atoms. The Morgan fingerprint density at radius 3 is 3.00 bits per heavy atom. The third-order valence-electron chi connectivity index (χ3n) is 2.00. The number of aliphatic hydroxyl groups is 1. The number of hydrogen-bond acceptors (Lipinski definition) is 3.